The van der Waals surface area contributed by atoms with E-state index in [0.29, 0.717) is 19.1 Å². The van der Waals surface area contributed by atoms with E-state index in [4.69, 9.17) is 14.2 Å². The smallest absolute Gasteiger partial charge is 0.407 e. The standard InChI is InChI=1S/C26H29N5O4/c1-31(2)19-10-8-18(9-11-19)20-12-13-27-25(29-20)30-21-15-33-24-22(16-34-23(21)24)35-26(32)28-14-17-6-4-3-5-7-17/h3-13,21-24H,14-16H2,1-2H3,(H,28,32)(H,27,29,30)/t21-,22+,23+,24+/m0/s1. The summed E-state index contributed by atoms with van der Waals surface area (Å²) in [7, 11) is 4.02. The van der Waals surface area contributed by atoms with Gasteiger partial charge in [-0.3, -0.25) is 0 Å². The molecule has 0 unspecified atom stereocenters. The quantitative estimate of drug-likeness (QED) is 0.538. The van der Waals surface area contributed by atoms with Crippen LogP contribution in [-0.2, 0) is 20.8 Å². The maximum atomic E-state index is 12.3. The highest BCUT2D eigenvalue weighted by atomic mass is 16.6. The molecule has 0 bridgehead atoms. The summed E-state index contributed by atoms with van der Waals surface area (Å²) >= 11 is 0. The molecule has 0 radical (unpaired) electrons. The number of benzene rings is 2. The van der Waals surface area contributed by atoms with Crippen molar-refractivity contribution in [2.75, 3.05) is 37.5 Å². The minimum atomic E-state index is -0.487. The number of amides is 1. The molecule has 2 aliphatic heterocycles. The topological polar surface area (TPSA) is 97.8 Å². The van der Waals surface area contributed by atoms with E-state index in [1.807, 2.05) is 62.6 Å². The number of nitrogens with zero attached hydrogens (tertiary/aromatic N) is 3. The molecule has 4 atom stereocenters. The number of carbonyl (C=O) groups excluding carboxylic acids is 1. The number of carbonyl (C=O) groups is 1. The van der Waals surface area contributed by atoms with E-state index >= 15 is 0 Å². The lowest BCUT2D eigenvalue weighted by Gasteiger charge is -2.18. The van der Waals surface area contributed by atoms with Crippen molar-refractivity contribution in [2.45, 2.75) is 30.9 Å². The normalized spacial score (nSPS) is 22.9. The number of hydrogen-bond donors (Lipinski definition) is 2. The van der Waals surface area contributed by atoms with Crippen LogP contribution in [0.5, 0.6) is 0 Å². The monoisotopic (exact) mass is 475 g/mol. The summed E-state index contributed by atoms with van der Waals surface area (Å²) in [5.41, 5.74) is 3.96. The highest BCUT2D eigenvalue weighted by molar-refractivity contribution is 5.67. The van der Waals surface area contributed by atoms with Crippen LogP contribution in [0.25, 0.3) is 11.3 Å². The molecule has 2 aromatic carbocycles. The molecule has 9 heteroatoms. The first-order valence-corrected chi connectivity index (χ1v) is 11.7. The third-order valence-corrected chi connectivity index (χ3v) is 6.20. The molecule has 2 aliphatic rings. The van der Waals surface area contributed by atoms with Gasteiger partial charge in [0.05, 0.1) is 24.9 Å². The van der Waals surface area contributed by atoms with Crippen molar-refractivity contribution in [1.82, 2.24) is 15.3 Å². The third-order valence-electron chi connectivity index (χ3n) is 6.20. The van der Waals surface area contributed by atoms with Crippen LogP contribution in [0.2, 0.25) is 0 Å². The van der Waals surface area contributed by atoms with Gasteiger partial charge >= 0.3 is 6.09 Å². The number of alkyl carbamates (subject to hydrolysis) is 1. The van der Waals surface area contributed by atoms with Gasteiger partial charge in [-0.25, -0.2) is 14.8 Å². The Bertz CT molecular complexity index is 1140. The number of fused-ring (bicyclic) bond motifs is 1. The van der Waals surface area contributed by atoms with Gasteiger partial charge in [0.1, 0.15) is 12.2 Å². The Morgan fingerprint density at radius 1 is 1.03 bits per heavy atom. The zero-order chi connectivity index (χ0) is 24.2. The highest BCUT2D eigenvalue weighted by Gasteiger charge is 2.49. The maximum Gasteiger partial charge on any atom is 0.407 e. The van der Waals surface area contributed by atoms with Gasteiger partial charge in [0.2, 0.25) is 5.95 Å². The van der Waals surface area contributed by atoms with E-state index in [9.17, 15) is 4.79 Å². The van der Waals surface area contributed by atoms with Gasteiger partial charge in [-0.05, 0) is 23.8 Å². The molecule has 2 saturated heterocycles. The number of aromatic nitrogens is 2. The molecule has 0 saturated carbocycles. The molecule has 35 heavy (non-hydrogen) atoms. The second kappa shape index (κ2) is 10.3. The summed E-state index contributed by atoms with van der Waals surface area (Å²) in [6.07, 6.45) is 0.186. The summed E-state index contributed by atoms with van der Waals surface area (Å²) in [4.78, 5) is 23.4. The zero-order valence-electron chi connectivity index (χ0n) is 19.8. The fourth-order valence-corrected chi connectivity index (χ4v) is 4.32. The fraction of sp³-hybridized carbons (Fsp3) is 0.346. The zero-order valence-corrected chi connectivity index (χ0v) is 19.8. The van der Waals surface area contributed by atoms with Crippen molar-refractivity contribution >= 4 is 17.7 Å². The van der Waals surface area contributed by atoms with Crippen LogP contribution < -0.4 is 15.5 Å². The van der Waals surface area contributed by atoms with Crippen LogP contribution in [-0.4, -0.2) is 67.7 Å². The summed E-state index contributed by atoms with van der Waals surface area (Å²) < 4.78 is 17.5. The van der Waals surface area contributed by atoms with Crippen LogP contribution >= 0.6 is 0 Å². The van der Waals surface area contributed by atoms with Gasteiger partial charge < -0.3 is 29.7 Å². The van der Waals surface area contributed by atoms with Crippen LogP contribution in [0.3, 0.4) is 0 Å². The summed E-state index contributed by atoms with van der Waals surface area (Å²) in [6.45, 7) is 1.09. The number of rotatable bonds is 7. The Morgan fingerprint density at radius 3 is 2.57 bits per heavy atom. The first-order valence-electron chi connectivity index (χ1n) is 11.7. The summed E-state index contributed by atoms with van der Waals surface area (Å²) in [5, 5.41) is 6.11. The number of anilines is 2. The minimum absolute atomic E-state index is 0.146. The predicted octanol–water partition coefficient (Wildman–Crippen LogP) is 3.08. The van der Waals surface area contributed by atoms with Crippen LogP contribution in [0, 0.1) is 0 Å². The second-order valence-corrected chi connectivity index (χ2v) is 8.84. The molecule has 1 amide bonds. The lowest BCUT2D eigenvalue weighted by Crippen LogP contribution is -2.39. The van der Waals surface area contributed by atoms with E-state index in [1.54, 1.807) is 6.20 Å². The van der Waals surface area contributed by atoms with Gasteiger partial charge in [0, 0.05) is 38.1 Å². The van der Waals surface area contributed by atoms with Gasteiger partial charge in [-0.15, -0.1) is 0 Å². The minimum Gasteiger partial charge on any atom is -0.441 e. The average Bonchev–Trinajstić information content (AvgIpc) is 3.47. The number of hydrogen-bond acceptors (Lipinski definition) is 8. The van der Waals surface area contributed by atoms with E-state index in [0.717, 1.165) is 22.5 Å². The molecule has 0 aliphatic carbocycles. The van der Waals surface area contributed by atoms with E-state index in [1.165, 1.54) is 0 Å². The van der Waals surface area contributed by atoms with Crippen molar-refractivity contribution in [3.05, 3.63) is 72.4 Å². The Balaban J connectivity index is 1.17. The number of ether oxygens (including phenoxy) is 3. The van der Waals surface area contributed by atoms with E-state index in [-0.39, 0.29) is 24.9 Å². The first kappa shape index (κ1) is 23.1. The largest absolute Gasteiger partial charge is 0.441 e. The highest BCUT2D eigenvalue weighted by Crippen LogP contribution is 2.30. The van der Waals surface area contributed by atoms with Crippen LogP contribution in [0.15, 0.2) is 66.9 Å². The van der Waals surface area contributed by atoms with Crippen LogP contribution in [0.4, 0.5) is 16.4 Å². The summed E-state index contributed by atoms with van der Waals surface area (Å²) in [6, 6.07) is 19.6. The van der Waals surface area contributed by atoms with Crippen molar-refractivity contribution in [1.29, 1.82) is 0 Å². The molecule has 2 N–H and O–H groups in total. The Labute approximate surface area is 204 Å². The van der Waals surface area contributed by atoms with E-state index in [2.05, 4.69) is 37.6 Å². The van der Waals surface area contributed by atoms with Gasteiger partial charge in [-0.1, -0.05) is 42.5 Å². The third kappa shape index (κ3) is 5.36. The molecule has 182 valence electrons. The lowest BCUT2D eigenvalue weighted by atomic mass is 10.1. The number of nitrogens with one attached hydrogen (secondary N) is 2. The van der Waals surface area contributed by atoms with E-state index < -0.39 is 12.2 Å². The average molecular weight is 476 g/mol. The molecular formula is C26H29N5O4. The van der Waals surface area contributed by atoms with Crippen LogP contribution in [0.1, 0.15) is 5.56 Å². The lowest BCUT2D eigenvalue weighted by molar-refractivity contribution is 0.00431. The molecule has 9 nitrogen and oxygen atoms in total. The molecule has 5 rings (SSSR count). The molecule has 3 heterocycles. The Kier molecular flexibility index (Phi) is 6.78. The summed E-state index contributed by atoms with van der Waals surface area (Å²) in [5.74, 6) is 0.502. The Morgan fingerprint density at radius 2 is 1.80 bits per heavy atom. The SMILES string of the molecule is CN(C)c1ccc(-c2ccnc(N[C@H]3CO[C@H]4[C@@H]3OC[C@H]4OC(=O)NCc3ccccc3)n2)cc1. The van der Waals surface area contributed by atoms with Gasteiger partial charge in [0.25, 0.3) is 0 Å². The molecule has 1 aromatic heterocycles. The first-order chi connectivity index (χ1) is 17.1. The van der Waals surface area contributed by atoms with Gasteiger partial charge in [0.15, 0.2) is 6.10 Å². The second-order valence-electron chi connectivity index (χ2n) is 8.84. The van der Waals surface area contributed by atoms with Crippen molar-refractivity contribution in [3.8, 4) is 11.3 Å². The molecule has 3 aromatic rings. The molecule has 2 fully saturated rings. The fourth-order valence-electron chi connectivity index (χ4n) is 4.32. The van der Waals surface area contributed by atoms with Crippen molar-refractivity contribution < 1.29 is 19.0 Å². The molecular weight excluding hydrogens is 446 g/mol. The van der Waals surface area contributed by atoms with Gasteiger partial charge in [-0.2, -0.15) is 0 Å². The predicted molar refractivity (Wildman–Crippen MR) is 132 cm³/mol. The molecule has 0 spiro atoms. The van der Waals surface area contributed by atoms with Crippen molar-refractivity contribution in [2.24, 2.45) is 0 Å². The maximum absolute atomic E-state index is 12.3. The Hall–Kier alpha value is -3.69. The van der Waals surface area contributed by atoms with Crippen molar-refractivity contribution in [3.63, 3.8) is 0 Å².